The fourth-order valence-electron chi connectivity index (χ4n) is 2.42. The van der Waals surface area contributed by atoms with Gasteiger partial charge in [-0.05, 0) is 62.7 Å². The van der Waals surface area contributed by atoms with Crippen LogP contribution in [-0.2, 0) is 0 Å². The molecule has 0 bridgehead atoms. The van der Waals surface area contributed by atoms with E-state index in [-0.39, 0.29) is 11.9 Å². The van der Waals surface area contributed by atoms with E-state index in [1.165, 1.54) is 6.92 Å². The lowest BCUT2D eigenvalue weighted by Gasteiger charge is -2.27. The lowest BCUT2D eigenvalue weighted by Crippen LogP contribution is -2.19. The number of halogens is 1. The van der Waals surface area contributed by atoms with Gasteiger partial charge in [0.25, 0.3) is 0 Å². The molecule has 1 nitrogen and oxygen atoms in total. The molecule has 0 aromatic carbocycles. The third kappa shape index (κ3) is 3.60. The number of aliphatic hydroxyl groups is 1. The zero-order valence-electron chi connectivity index (χ0n) is 10.2. The van der Waals surface area contributed by atoms with Gasteiger partial charge in [0.05, 0.1) is 11.9 Å². The van der Waals surface area contributed by atoms with E-state index in [9.17, 15) is 9.50 Å². The van der Waals surface area contributed by atoms with Crippen molar-refractivity contribution >= 4 is 0 Å². The van der Waals surface area contributed by atoms with Crippen molar-refractivity contribution < 1.29 is 9.50 Å². The minimum atomic E-state index is -0.173. The molecule has 0 saturated heterocycles. The van der Waals surface area contributed by atoms with Gasteiger partial charge in [0.15, 0.2) is 0 Å². The summed E-state index contributed by atoms with van der Waals surface area (Å²) in [5, 5.41) is 9.45. The maximum absolute atomic E-state index is 12.8. The molecule has 1 fully saturated rings. The lowest BCUT2D eigenvalue weighted by atomic mass is 9.81. The molecular formula is C14H21FO. The molecule has 0 heterocycles. The van der Waals surface area contributed by atoms with Crippen molar-refractivity contribution in [3.63, 3.8) is 0 Å². The van der Waals surface area contributed by atoms with Gasteiger partial charge in [-0.15, -0.1) is 0 Å². The minimum Gasteiger partial charge on any atom is -0.393 e. The van der Waals surface area contributed by atoms with E-state index in [1.54, 1.807) is 6.08 Å². The first kappa shape index (κ1) is 13.2. The second-order valence-corrected chi connectivity index (χ2v) is 4.58. The summed E-state index contributed by atoms with van der Waals surface area (Å²) >= 11 is 0. The molecule has 0 atom stereocenters. The second-order valence-electron chi connectivity index (χ2n) is 4.58. The predicted molar refractivity (Wildman–Crippen MR) is 65.7 cm³/mol. The summed E-state index contributed by atoms with van der Waals surface area (Å²) in [7, 11) is 0. The van der Waals surface area contributed by atoms with Crippen LogP contribution < -0.4 is 0 Å². The monoisotopic (exact) mass is 224 g/mol. The van der Waals surface area contributed by atoms with E-state index in [0.717, 1.165) is 36.8 Å². The fourth-order valence-corrected chi connectivity index (χ4v) is 2.42. The third-order valence-corrected chi connectivity index (χ3v) is 3.23. The van der Waals surface area contributed by atoms with Gasteiger partial charge in [0.2, 0.25) is 0 Å². The molecule has 90 valence electrons. The molecule has 1 N–H and O–H groups in total. The second kappa shape index (κ2) is 6.00. The number of rotatable bonds is 3. The maximum Gasteiger partial charge on any atom is 0.0971 e. The van der Waals surface area contributed by atoms with Crippen LogP contribution in [-0.4, -0.2) is 11.2 Å². The summed E-state index contributed by atoms with van der Waals surface area (Å²) in [4.78, 5) is 0. The van der Waals surface area contributed by atoms with Gasteiger partial charge in [-0.25, -0.2) is 4.39 Å². The maximum atomic E-state index is 12.8. The van der Waals surface area contributed by atoms with Crippen LogP contribution in [0.4, 0.5) is 4.39 Å². The normalized spacial score (nSPS) is 28.6. The topological polar surface area (TPSA) is 20.2 Å². The summed E-state index contributed by atoms with van der Waals surface area (Å²) in [6.07, 6.45) is 6.86. The van der Waals surface area contributed by atoms with Crippen LogP contribution in [0, 0.1) is 5.92 Å². The van der Waals surface area contributed by atoms with Gasteiger partial charge >= 0.3 is 0 Å². The van der Waals surface area contributed by atoms with Crippen LogP contribution in [0.3, 0.4) is 0 Å². The van der Waals surface area contributed by atoms with Gasteiger partial charge in [-0.2, -0.15) is 0 Å². The predicted octanol–water partition coefficient (Wildman–Crippen LogP) is 3.91. The molecule has 2 heteroatoms. The zero-order valence-corrected chi connectivity index (χ0v) is 10.2. The first-order valence-electron chi connectivity index (χ1n) is 5.89. The lowest BCUT2D eigenvalue weighted by molar-refractivity contribution is 0.116. The van der Waals surface area contributed by atoms with E-state index in [2.05, 4.69) is 6.58 Å². The molecule has 0 unspecified atom stereocenters. The standard InChI is InChI=1S/C14H21FO/c1-4-14(10(2)9-11(3)15)12-5-7-13(16)8-6-12/h4,9,12-13,16H,1,5-8H2,2-3H3/b11-9+,14-10-. The molecule has 0 aromatic rings. The summed E-state index contributed by atoms with van der Waals surface area (Å²) in [5.41, 5.74) is 2.08. The molecule has 0 aliphatic heterocycles. The highest BCUT2D eigenvalue weighted by atomic mass is 19.1. The number of aliphatic hydroxyl groups excluding tert-OH is 1. The summed E-state index contributed by atoms with van der Waals surface area (Å²) in [6.45, 7) is 7.19. The van der Waals surface area contributed by atoms with Crippen molar-refractivity contribution in [2.75, 3.05) is 0 Å². The Morgan fingerprint density at radius 3 is 2.25 bits per heavy atom. The van der Waals surface area contributed by atoms with Crippen LogP contribution in [0.15, 0.2) is 35.7 Å². The summed E-state index contributed by atoms with van der Waals surface area (Å²) in [5.74, 6) is 0.254. The highest BCUT2D eigenvalue weighted by Crippen LogP contribution is 2.32. The molecule has 1 rings (SSSR count). The van der Waals surface area contributed by atoms with E-state index in [4.69, 9.17) is 0 Å². The van der Waals surface area contributed by atoms with E-state index in [1.807, 2.05) is 13.0 Å². The molecule has 0 spiro atoms. The Morgan fingerprint density at radius 1 is 1.25 bits per heavy atom. The van der Waals surface area contributed by atoms with Crippen molar-refractivity contribution in [1.82, 2.24) is 0 Å². The fraction of sp³-hybridized carbons (Fsp3) is 0.571. The third-order valence-electron chi connectivity index (χ3n) is 3.23. The highest BCUT2D eigenvalue weighted by molar-refractivity contribution is 5.33. The average Bonchev–Trinajstić information content (AvgIpc) is 2.21. The molecule has 0 aromatic heterocycles. The van der Waals surface area contributed by atoms with Crippen LogP contribution in [0.25, 0.3) is 0 Å². The average molecular weight is 224 g/mol. The Balaban J connectivity index is 2.81. The van der Waals surface area contributed by atoms with Gasteiger partial charge in [0, 0.05) is 0 Å². The van der Waals surface area contributed by atoms with Crippen molar-refractivity contribution in [3.05, 3.63) is 35.7 Å². The first-order valence-corrected chi connectivity index (χ1v) is 5.89. The quantitative estimate of drug-likeness (QED) is 0.720. The Bertz CT molecular complexity index is 303. The number of allylic oxidation sites excluding steroid dienone is 5. The van der Waals surface area contributed by atoms with Gasteiger partial charge in [0.1, 0.15) is 0 Å². The molecule has 1 aliphatic carbocycles. The smallest absolute Gasteiger partial charge is 0.0971 e. The largest absolute Gasteiger partial charge is 0.393 e. The first-order chi connectivity index (χ1) is 7.54. The Hall–Kier alpha value is -0.890. The van der Waals surface area contributed by atoms with Gasteiger partial charge in [-0.1, -0.05) is 12.7 Å². The Labute approximate surface area is 97.4 Å². The van der Waals surface area contributed by atoms with E-state index < -0.39 is 0 Å². The van der Waals surface area contributed by atoms with Gasteiger partial charge in [-0.3, -0.25) is 0 Å². The number of hydrogen-bond donors (Lipinski definition) is 1. The van der Waals surface area contributed by atoms with E-state index >= 15 is 0 Å². The summed E-state index contributed by atoms with van der Waals surface area (Å²) < 4.78 is 12.8. The highest BCUT2D eigenvalue weighted by Gasteiger charge is 2.21. The summed E-state index contributed by atoms with van der Waals surface area (Å²) in [6, 6.07) is 0. The van der Waals surface area contributed by atoms with Crippen molar-refractivity contribution in [2.24, 2.45) is 5.92 Å². The SMILES string of the molecule is C=C/C(=C(C)/C=C(\C)F)C1CCC(O)CC1. The minimum absolute atomic E-state index is 0.152. The molecule has 16 heavy (non-hydrogen) atoms. The van der Waals surface area contributed by atoms with Crippen LogP contribution in [0.5, 0.6) is 0 Å². The molecular weight excluding hydrogens is 203 g/mol. The van der Waals surface area contributed by atoms with Crippen molar-refractivity contribution in [1.29, 1.82) is 0 Å². The van der Waals surface area contributed by atoms with Crippen LogP contribution in [0.2, 0.25) is 0 Å². The number of hydrogen-bond acceptors (Lipinski definition) is 1. The molecule has 0 amide bonds. The molecule has 1 saturated carbocycles. The van der Waals surface area contributed by atoms with Crippen LogP contribution in [0.1, 0.15) is 39.5 Å². The van der Waals surface area contributed by atoms with Crippen molar-refractivity contribution in [3.8, 4) is 0 Å². The van der Waals surface area contributed by atoms with Crippen LogP contribution >= 0.6 is 0 Å². The molecule has 1 aliphatic rings. The zero-order chi connectivity index (χ0) is 12.1. The Kier molecular flexibility index (Phi) is 4.94. The Morgan fingerprint density at radius 2 is 1.81 bits per heavy atom. The van der Waals surface area contributed by atoms with E-state index in [0.29, 0.717) is 5.92 Å². The van der Waals surface area contributed by atoms with Gasteiger partial charge < -0.3 is 5.11 Å². The van der Waals surface area contributed by atoms with Crippen molar-refractivity contribution in [2.45, 2.75) is 45.6 Å². The molecule has 0 radical (unpaired) electrons.